The Balaban J connectivity index is 0.00000162. The first-order valence-electron chi connectivity index (χ1n) is 4.47. The van der Waals surface area contributed by atoms with Crippen LogP contribution in [0.3, 0.4) is 0 Å². The van der Waals surface area contributed by atoms with Crippen molar-refractivity contribution in [2.75, 3.05) is 0 Å². The van der Waals surface area contributed by atoms with Crippen LogP contribution in [0.4, 0.5) is 0 Å². The van der Waals surface area contributed by atoms with Crippen LogP contribution in [0.5, 0.6) is 0 Å². The predicted molar refractivity (Wildman–Crippen MR) is 59.2 cm³/mol. The summed E-state index contributed by atoms with van der Waals surface area (Å²) in [7, 11) is -4.77. The Labute approximate surface area is 133 Å². The van der Waals surface area contributed by atoms with E-state index in [1.165, 1.54) is 24.3 Å². The van der Waals surface area contributed by atoms with E-state index in [0.717, 1.165) is 0 Å². The van der Waals surface area contributed by atoms with Gasteiger partial charge in [-0.05, 0) is 6.08 Å². The van der Waals surface area contributed by atoms with E-state index in [1.54, 1.807) is 0 Å². The zero-order valence-corrected chi connectivity index (χ0v) is 11.1. The average Bonchev–Trinajstić information content (AvgIpc) is 2.28. The Morgan fingerprint density at radius 2 is 1.58 bits per heavy atom. The number of rotatable bonds is 1. The molecule has 0 saturated heterocycles. The summed E-state index contributed by atoms with van der Waals surface area (Å²) < 4.78 is 33.1. The number of carbonyl (C=O) groups is 1. The number of hydrogen-bond donors (Lipinski definition) is 0. The molecule has 1 aliphatic carbocycles. The number of allylic oxidation sites excluding steroid dienone is 1. The summed E-state index contributed by atoms with van der Waals surface area (Å²) in [4.78, 5) is 11.0. The molecule has 0 spiro atoms. The second-order valence-electron chi connectivity index (χ2n) is 3.31. The molecule has 0 atom stereocenters. The minimum atomic E-state index is -4.77. The van der Waals surface area contributed by atoms with Crippen molar-refractivity contribution in [1.29, 1.82) is 0 Å². The number of ketones is 1. The molecule has 0 bridgehead atoms. The van der Waals surface area contributed by atoms with Gasteiger partial charge in [0.05, 0.1) is 4.91 Å². The second-order valence-corrected chi connectivity index (χ2v) is 4.66. The second kappa shape index (κ2) is 6.58. The SMILES string of the molecule is O=C1/C(=N/[O-])C=C(S(=O)(=O)[O-])c2ccccc21.[Li+].[Li+]. The standard InChI is InChI=1S/C10H7NO5S.2Li/c12-10-7-4-2-1-3-6(7)9(17(14,15)16)5-8(10)11-13;;/h1-5,13H,(H,14,15,16);;/q;2*+1/p-2/b11-8+;;. The molecule has 2 rings (SSSR count). The summed E-state index contributed by atoms with van der Waals surface area (Å²) >= 11 is 0. The van der Waals surface area contributed by atoms with E-state index in [-0.39, 0.29) is 48.8 Å². The van der Waals surface area contributed by atoms with E-state index in [0.29, 0.717) is 6.08 Å². The number of hydrogen-bond acceptors (Lipinski definition) is 6. The number of fused-ring (bicyclic) bond motifs is 1. The maximum atomic E-state index is 11.6. The van der Waals surface area contributed by atoms with Gasteiger partial charge in [0.25, 0.3) is 0 Å². The molecule has 0 unspecified atom stereocenters. The number of nitrogens with zero attached hydrogens (tertiary/aromatic N) is 1. The first kappa shape index (κ1) is 18.2. The van der Waals surface area contributed by atoms with Crippen molar-refractivity contribution in [1.82, 2.24) is 0 Å². The quantitative estimate of drug-likeness (QED) is 0.286. The van der Waals surface area contributed by atoms with E-state index in [9.17, 15) is 23.0 Å². The van der Waals surface area contributed by atoms with E-state index < -0.39 is 26.5 Å². The van der Waals surface area contributed by atoms with E-state index in [4.69, 9.17) is 0 Å². The molecule has 0 heterocycles. The van der Waals surface area contributed by atoms with Crippen LogP contribution in [0.1, 0.15) is 15.9 Å². The molecule has 6 nitrogen and oxygen atoms in total. The van der Waals surface area contributed by atoms with Gasteiger partial charge in [-0.15, -0.1) is 0 Å². The zero-order valence-electron chi connectivity index (χ0n) is 10.3. The fourth-order valence-electron chi connectivity index (χ4n) is 1.58. The summed E-state index contributed by atoms with van der Waals surface area (Å²) in [5.41, 5.74) is -0.600. The number of Topliss-reactive ketones (excluding diaryl/α,β-unsaturated/α-hetero) is 1. The van der Waals surface area contributed by atoms with Crippen molar-refractivity contribution in [2.45, 2.75) is 0 Å². The summed E-state index contributed by atoms with van der Waals surface area (Å²) in [5, 5.41) is 12.8. The van der Waals surface area contributed by atoms with Crippen LogP contribution >= 0.6 is 0 Å². The molecule has 0 fully saturated rings. The zero-order chi connectivity index (χ0) is 12.6. The molecule has 1 aromatic carbocycles. The summed E-state index contributed by atoms with van der Waals surface area (Å²) in [6.45, 7) is 0. The molecule has 19 heavy (non-hydrogen) atoms. The fraction of sp³-hybridized carbons (Fsp3) is 0. The van der Waals surface area contributed by atoms with Gasteiger partial charge in [0.1, 0.15) is 15.8 Å². The van der Waals surface area contributed by atoms with Gasteiger partial charge in [-0.3, -0.25) is 4.79 Å². The van der Waals surface area contributed by atoms with E-state index in [1.807, 2.05) is 0 Å². The van der Waals surface area contributed by atoms with Gasteiger partial charge in [-0.2, -0.15) is 0 Å². The fourth-order valence-corrected chi connectivity index (χ4v) is 2.28. The third kappa shape index (κ3) is 3.40. The first-order valence-corrected chi connectivity index (χ1v) is 5.88. The van der Waals surface area contributed by atoms with Crippen LogP contribution in [-0.2, 0) is 10.1 Å². The van der Waals surface area contributed by atoms with Crippen LogP contribution in [-0.4, -0.2) is 24.5 Å². The molecule has 0 saturated carbocycles. The summed E-state index contributed by atoms with van der Waals surface area (Å²) in [6.07, 6.45) is 0.708. The first-order chi connectivity index (χ1) is 7.95. The van der Waals surface area contributed by atoms with Gasteiger partial charge in [0, 0.05) is 11.1 Å². The van der Waals surface area contributed by atoms with Gasteiger partial charge in [-0.1, -0.05) is 24.3 Å². The van der Waals surface area contributed by atoms with Crippen LogP contribution in [0.2, 0.25) is 0 Å². The predicted octanol–water partition coefficient (Wildman–Crippen LogP) is -5.28. The van der Waals surface area contributed by atoms with Crippen molar-refractivity contribution in [3.05, 3.63) is 46.7 Å². The molecular weight excluding hydrogens is 260 g/mol. The van der Waals surface area contributed by atoms with Gasteiger partial charge >= 0.3 is 37.7 Å². The molecular formula is C10H5Li2NO5S. The summed E-state index contributed by atoms with van der Waals surface area (Å²) in [5.74, 6) is -0.692. The van der Waals surface area contributed by atoms with Gasteiger partial charge in [0.15, 0.2) is 0 Å². The van der Waals surface area contributed by atoms with Crippen molar-refractivity contribution in [3.63, 3.8) is 0 Å². The molecule has 0 N–H and O–H groups in total. The molecule has 0 aliphatic heterocycles. The molecule has 88 valence electrons. The van der Waals surface area contributed by atoms with Gasteiger partial charge in [-0.25, -0.2) is 8.42 Å². The minimum absolute atomic E-state index is 0. The Morgan fingerprint density at radius 3 is 2.05 bits per heavy atom. The molecule has 0 aromatic heterocycles. The minimum Gasteiger partial charge on any atom is -0.791 e. The number of carbonyl (C=O) groups excluding carboxylic acids is 1. The smallest absolute Gasteiger partial charge is 0.791 e. The third-order valence-electron chi connectivity index (χ3n) is 2.31. The summed E-state index contributed by atoms with van der Waals surface area (Å²) in [6, 6.07) is 5.65. The molecule has 0 amide bonds. The van der Waals surface area contributed by atoms with Crippen LogP contribution in [0, 0.1) is 5.21 Å². The molecule has 0 radical (unpaired) electrons. The van der Waals surface area contributed by atoms with Crippen LogP contribution < -0.4 is 37.7 Å². The van der Waals surface area contributed by atoms with Crippen molar-refractivity contribution < 1.29 is 55.5 Å². The van der Waals surface area contributed by atoms with Crippen molar-refractivity contribution in [2.24, 2.45) is 5.16 Å². The molecule has 9 heteroatoms. The molecule has 1 aromatic rings. The van der Waals surface area contributed by atoms with Crippen LogP contribution in [0.15, 0.2) is 35.5 Å². The topological polar surface area (TPSA) is 110 Å². The van der Waals surface area contributed by atoms with E-state index >= 15 is 0 Å². The maximum absolute atomic E-state index is 11.6. The number of benzene rings is 1. The monoisotopic (exact) mass is 265 g/mol. The largest absolute Gasteiger partial charge is 1.00 e. The van der Waals surface area contributed by atoms with Crippen LogP contribution in [0.25, 0.3) is 4.91 Å². The Morgan fingerprint density at radius 1 is 1.05 bits per heavy atom. The normalized spacial score (nSPS) is 15.9. The Hall–Kier alpha value is -0.795. The van der Waals surface area contributed by atoms with Gasteiger partial charge in [0.2, 0.25) is 5.78 Å². The third-order valence-corrected chi connectivity index (χ3v) is 3.18. The van der Waals surface area contributed by atoms with Crippen molar-refractivity contribution in [3.8, 4) is 0 Å². The van der Waals surface area contributed by atoms with Crippen molar-refractivity contribution >= 4 is 26.5 Å². The molecule has 1 aliphatic rings. The average molecular weight is 265 g/mol. The Kier molecular flexibility index (Phi) is 6.30. The maximum Gasteiger partial charge on any atom is 1.00 e. The van der Waals surface area contributed by atoms with Gasteiger partial charge < -0.3 is 14.9 Å². The Bertz CT molecular complexity index is 666. The van der Waals surface area contributed by atoms with E-state index in [2.05, 4.69) is 5.16 Å².